The summed E-state index contributed by atoms with van der Waals surface area (Å²) in [4.78, 5) is 15.6. The fourth-order valence-electron chi connectivity index (χ4n) is 1.54. The Kier molecular flexibility index (Phi) is 3.24. The van der Waals surface area contributed by atoms with Gasteiger partial charge in [0.05, 0.1) is 6.20 Å². The smallest absolute Gasteiger partial charge is 0.180 e. The van der Waals surface area contributed by atoms with Crippen LogP contribution in [0.4, 0.5) is 0 Å². The molecule has 5 heteroatoms. The largest absolute Gasteiger partial charge is 0.339 e. The number of nitrogens with one attached hydrogen (secondary N) is 1. The van der Waals surface area contributed by atoms with Crippen LogP contribution in [-0.2, 0) is 6.42 Å². The summed E-state index contributed by atoms with van der Waals surface area (Å²) in [5, 5.41) is 0. The van der Waals surface area contributed by atoms with Crippen molar-refractivity contribution in [3.63, 3.8) is 0 Å². The summed E-state index contributed by atoms with van der Waals surface area (Å²) in [6, 6.07) is 0. The first-order valence-electron chi connectivity index (χ1n) is 5.25. The molecule has 0 atom stereocenters. The number of fused-ring (bicyclic) bond motifs is 1. The highest BCUT2D eigenvalue weighted by molar-refractivity contribution is 5.68. The molecule has 2 heterocycles. The molecule has 0 aliphatic rings. The van der Waals surface area contributed by atoms with E-state index in [1.165, 1.54) is 6.33 Å². The molecule has 0 unspecified atom stereocenters. The summed E-state index contributed by atoms with van der Waals surface area (Å²) >= 11 is 0. The Hall–Kier alpha value is -1.49. The highest BCUT2D eigenvalue weighted by atomic mass is 15.0. The van der Waals surface area contributed by atoms with Crippen LogP contribution in [0.15, 0.2) is 12.5 Å². The molecule has 0 spiro atoms. The van der Waals surface area contributed by atoms with E-state index in [0.717, 1.165) is 49.2 Å². The van der Waals surface area contributed by atoms with Crippen LogP contribution in [0.1, 0.15) is 25.1 Å². The highest BCUT2D eigenvalue weighted by Gasteiger charge is 2.02. The van der Waals surface area contributed by atoms with Crippen molar-refractivity contribution in [1.82, 2.24) is 19.9 Å². The Morgan fingerprint density at radius 2 is 2.20 bits per heavy atom. The number of imidazole rings is 1. The van der Waals surface area contributed by atoms with Crippen molar-refractivity contribution in [2.75, 3.05) is 6.54 Å². The molecule has 2 rings (SSSR count). The summed E-state index contributed by atoms with van der Waals surface area (Å²) in [6.07, 6.45) is 7.57. The predicted molar refractivity (Wildman–Crippen MR) is 58.3 cm³/mol. The minimum absolute atomic E-state index is 0.749. The molecule has 5 nitrogen and oxygen atoms in total. The Morgan fingerprint density at radius 3 is 3.00 bits per heavy atom. The maximum atomic E-state index is 5.43. The third kappa shape index (κ3) is 2.50. The van der Waals surface area contributed by atoms with Gasteiger partial charge in [-0.1, -0.05) is 6.42 Å². The number of aryl methyl sites for hydroxylation is 1. The van der Waals surface area contributed by atoms with Gasteiger partial charge in [-0.2, -0.15) is 0 Å². The monoisotopic (exact) mass is 205 g/mol. The standard InChI is InChI=1S/C10H15N5/c11-5-3-1-2-4-9-14-8-6-12-7-13-10(8)15-9/h6-7H,1-5,11H2,(H,12,13,14,15). The third-order valence-corrected chi connectivity index (χ3v) is 2.33. The second-order valence-electron chi connectivity index (χ2n) is 3.54. The van der Waals surface area contributed by atoms with Crippen molar-refractivity contribution in [2.24, 2.45) is 5.73 Å². The lowest BCUT2D eigenvalue weighted by molar-refractivity contribution is 0.673. The maximum Gasteiger partial charge on any atom is 0.180 e. The zero-order valence-corrected chi connectivity index (χ0v) is 8.61. The van der Waals surface area contributed by atoms with Gasteiger partial charge >= 0.3 is 0 Å². The van der Waals surface area contributed by atoms with Crippen LogP contribution in [0.2, 0.25) is 0 Å². The number of aromatic nitrogens is 4. The second kappa shape index (κ2) is 4.84. The summed E-state index contributed by atoms with van der Waals surface area (Å²) in [5.41, 5.74) is 7.09. The molecule has 80 valence electrons. The molecular formula is C10H15N5. The van der Waals surface area contributed by atoms with Crippen LogP contribution in [0.5, 0.6) is 0 Å². The molecule has 0 fully saturated rings. The first-order valence-corrected chi connectivity index (χ1v) is 5.25. The van der Waals surface area contributed by atoms with E-state index in [4.69, 9.17) is 5.73 Å². The lowest BCUT2D eigenvalue weighted by Gasteiger charge is -1.95. The third-order valence-electron chi connectivity index (χ3n) is 2.33. The summed E-state index contributed by atoms with van der Waals surface area (Å²) < 4.78 is 0. The normalized spacial score (nSPS) is 11.0. The molecule has 0 aliphatic heterocycles. The van der Waals surface area contributed by atoms with E-state index in [2.05, 4.69) is 19.9 Å². The van der Waals surface area contributed by atoms with Gasteiger partial charge < -0.3 is 10.7 Å². The zero-order valence-electron chi connectivity index (χ0n) is 8.61. The van der Waals surface area contributed by atoms with Gasteiger partial charge in [-0.3, -0.25) is 0 Å². The quantitative estimate of drug-likeness (QED) is 0.714. The molecule has 3 N–H and O–H groups in total. The molecule has 0 amide bonds. The van der Waals surface area contributed by atoms with E-state index in [1.807, 2.05) is 0 Å². The molecule has 0 saturated heterocycles. The van der Waals surface area contributed by atoms with Gasteiger partial charge in [0.25, 0.3) is 0 Å². The number of unbranched alkanes of at least 4 members (excludes halogenated alkanes) is 2. The molecule has 0 aliphatic carbocycles. The van der Waals surface area contributed by atoms with Crippen LogP contribution >= 0.6 is 0 Å². The molecule has 0 aromatic carbocycles. The highest BCUT2D eigenvalue weighted by Crippen LogP contribution is 2.08. The van der Waals surface area contributed by atoms with Gasteiger partial charge in [-0.25, -0.2) is 15.0 Å². The predicted octanol–water partition coefficient (Wildman–Crippen LogP) is 1.02. The number of nitrogens with zero attached hydrogens (tertiary/aromatic N) is 3. The zero-order chi connectivity index (χ0) is 10.5. The molecular weight excluding hydrogens is 190 g/mol. The second-order valence-corrected chi connectivity index (χ2v) is 3.54. The van der Waals surface area contributed by atoms with Crippen molar-refractivity contribution in [3.8, 4) is 0 Å². The topological polar surface area (TPSA) is 80.5 Å². The molecule has 0 bridgehead atoms. The van der Waals surface area contributed by atoms with Crippen LogP contribution in [0.3, 0.4) is 0 Å². The number of hydrogen-bond donors (Lipinski definition) is 2. The SMILES string of the molecule is NCCCCCc1nc2ncncc2[nH]1. The Bertz CT molecular complexity index is 389. The van der Waals surface area contributed by atoms with E-state index < -0.39 is 0 Å². The summed E-state index contributed by atoms with van der Waals surface area (Å²) in [5.74, 6) is 0.988. The van der Waals surface area contributed by atoms with Crippen molar-refractivity contribution in [1.29, 1.82) is 0 Å². The number of H-pyrrole nitrogens is 1. The van der Waals surface area contributed by atoms with E-state index in [-0.39, 0.29) is 0 Å². The minimum atomic E-state index is 0.749. The summed E-state index contributed by atoms with van der Waals surface area (Å²) in [6.45, 7) is 0.769. The fraction of sp³-hybridized carbons (Fsp3) is 0.500. The first-order chi connectivity index (χ1) is 7.40. The van der Waals surface area contributed by atoms with Gasteiger partial charge in [0.1, 0.15) is 17.7 Å². The lowest BCUT2D eigenvalue weighted by Crippen LogP contribution is -1.98. The van der Waals surface area contributed by atoms with Crippen LogP contribution in [-0.4, -0.2) is 26.5 Å². The fourth-order valence-corrected chi connectivity index (χ4v) is 1.54. The van der Waals surface area contributed by atoms with Gasteiger partial charge in [0, 0.05) is 6.42 Å². The van der Waals surface area contributed by atoms with Gasteiger partial charge in [0.15, 0.2) is 5.65 Å². The number of rotatable bonds is 5. The lowest BCUT2D eigenvalue weighted by atomic mass is 10.2. The average molecular weight is 205 g/mol. The van der Waals surface area contributed by atoms with E-state index in [0.29, 0.717) is 0 Å². The van der Waals surface area contributed by atoms with Crippen LogP contribution < -0.4 is 5.73 Å². The molecule has 15 heavy (non-hydrogen) atoms. The van der Waals surface area contributed by atoms with Crippen molar-refractivity contribution >= 4 is 11.2 Å². The van der Waals surface area contributed by atoms with Crippen molar-refractivity contribution in [3.05, 3.63) is 18.3 Å². The number of hydrogen-bond acceptors (Lipinski definition) is 4. The first kappa shape index (κ1) is 10.0. The Balaban J connectivity index is 1.97. The van der Waals surface area contributed by atoms with Crippen molar-refractivity contribution < 1.29 is 0 Å². The van der Waals surface area contributed by atoms with E-state index in [1.54, 1.807) is 6.20 Å². The molecule has 2 aromatic heterocycles. The van der Waals surface area contributed by atoms with E-state index >= 15 is 0 Å². The number of aromatic amines is 1. The summed E-state index contributed by atoms with van der Waals surface area (Å²) in [7, 11) is 0. The van der Waals surface area contributed by atoms with Crippen LogP contribution in [0, 0.1) is 0 Å². The Labute approximate surface area is 88.1 Å². The van der Waals surface area contributed by atoms with Crippen LogP contribution in [0.25, 0.3) is 11.2 Å². The molecule has 0 saturated carbocycles. The minimum Gasteiger partial charge on any atom is -0.339 e. The molecule has 2 aromatic rings. The van der Waals surface area contributed by atoms with Gasteiger partial charge in [0.2, 0.25) is 0 Å². The average Bonchev–Trinajstić information content (AvgIpc) is 2.67. The van der Waals surface area contributed by atoms with Crippen molar-refractivity contribution in [2.45, 2.75) is 25.7 Å². The van der Waals surface area contributed by atoms with E-state index in [9.17, 15) is 0 Å². The van der Waals surface area contributed by atoms with Gasteiger partial charge in [-0.05, 0) is 19.4 Å². The molecule has 0 radical (unpaired) electrons. The van der Waals surface area contributed by atoms with Gasteiger partial charge in [-0.15, -0.1) is 0 Å². The maximum absolute atomic E-state index is 5.43. The Morgan fingerprint density at radius 1 is 1.27 bits per heavy atom. The number of nitrogens with two attached hydrogens (primary N) is 1.